The van der Waals surface area contributed by atoms with Crippen molar-refractivity contribution in [2.24, 2.45) is 10.7 Å². The summed E-state index contributed by atoms with van der Waals surface area (Å²) >= 11 is 0. The first-order valence-corrected chi connectivity index (χ1v) is 10.8. The normalized spacial score (nSPS) is 22.6. The lowest BCUT2D eigenvalue weighted by Crippen LogP contribution is -2.50. The van der Waals surface area contributed by atoms with Crippen molar-refractivity contribution in [3.63, 3.8) is 0 Å². The molecule has 0 aliphatic carbocycles. The Balaban J connectivity index is 1.66. The predicted molar refractivity (Wildman–Crippen MR) is 110 cm³/mol. The van der Waals surface area contributed by atoms with Gasteiger partial charge in [0.2, 0.25) is 16.0 Å². The number of anilines is 2. The lowest BCUT2D eigenvalue weighted by Gasteiger charge is -2.34. The van der Waals surface area contributed by atoms with Crippen LogP contribution in [-0.4, -0.2) is 48.7 Å². The van der Waals surface area contributed by atoms with Crippen LogP contribution in [0.25, 0.3) is 0 Å². The highest BCUT2D eigenvalue weighted by molar-refractivity contribution is 7.89. The molecule has 33 heavy (non-hydrogen) atoms. The van der Waals surface area contributed by atoms with Gasteiger partial charge in [-0.3, -0.25) is 4.79 Å². The van der Waals surface area contributed by atoms with Gasteiger partial charge in [-0.2, -0.15) is 0 Å². The van der Waals surface area contributed by atoms with Gasteiger partial charge in [0, 0.05) is 18.3 Å². The quantitative estimate of drug-likeness (QED) is 0.583. The van der Waals surface area contributed by atoms with E-state index in [1.165, 1.54) is 26.1 Å². The first kappa shape index (κ1) is 22.4. The Hall–Kier alpha value is -3.75. The van der Waals surface area contributed by atoms with E-state index in [1.54, 1.807) is 0 Å². The number of nitrogens with zero attached hydrogens (tertiary/aromatic N) is 3. The number of carbonyl (C=O) groups excluding carboxylic acids is 1. The van der Waals surface area contributed by atoms with Crippen LogP contribution in [0.4, 0.5) is 24.5 Å². The van der Waals surface area contributed by atoms with Gasteiger partial charge in [0.1, 0.15) is 17.0 Å². The molecular weight excluding hydrogens is 469 g/mol. The van der Waals surface area contributed by atoms with Crippen LogP contribution in [0.1, 0.15) is 23.0 Å². The first-order chi connectivity index (χ1) is 15.2. The molecule has 0 spiro atoms. The van der Waals surface area contributed by atoms with Crippen molar-refractivity contribution < 1.29 is 35.9 Å². The summed E-state index contributed by atoms with van der Waals surface area (Å²) in [5, 5.41) is 2.40. The molecular formula is C18H17F3N6O5S. The molecule has 1 aromatic carbocycles. The number of guanidine groups is 1. The smallest absolute Gasteiger partial charge is 0.394 e. The van der Waals surface area contributed by atoms with Gasteiger partial charge < -0.3 is 26.3 Å². The molecule has 2 aliphatic heterocycles. The van der Waals surface area contributed by atoms with Crippen LogP contribution in [0.2, 0.25) is 0 Å². The fraction of sp³-hybridized carbons (Fsp3) is 0.278. The Morgan fingerprint density at radius 3 is 2.64 bits per heavy atom. The standard InChI is InChI=1S/C18H17F3N6O5S/c1-17(7-33(29,30)27(2)16(23)26-17)9-5-8(3-4-10(9)19)25-15(28)13-12(22)14-11(6-24-13)31-18(20,21)32-14/h3-6H,7,22H2,1-2H3,(H2,23,26)(H,25,28)/t17-/m0/s1. The summed E-state index contributed by atoms with van der Waals surface area (Å²) in [7, 11) is -2.65. The molecule has 1 aromatic heterocycles. The number of sulfonamides is 1. The van der Waals surface area contributed by atoms with Gasteiger partial charge in [-0.15, -0.1) is 8.78 Å². The van der Waals surface area contributed by atoms with Crippen LogP contribution < -0.4 is 26.3 Å². The maximum absolute atomic E-state index is 14.7. The Labute approximate surface area is 185 Å². The highest BCUT2D eigenvalue weighted by atomic mass is 32.2. The van der Waals surface area contributed by atoms with Crippen LogP contribution in [0.5, 0.6) is 11.5 Å². The fourth-order valence-electron chi connectivity index (χ4n) is 3.41. The number of benzene rings is 1. The third kappa shape index (κ3) is 3.83. The maximum Gasteiger partial charge on any atom is 0.586 e. The largest absolute Gasteiger partial charge is 0.586 e. The molecule has 2 aromatic rings. The molecule has 15 heteroatoms. The first-order valence-electron chi connectivity index (χ1n) is 9.20. The molecule has 0 bridgehead atoms. The molecule has 1 atom stereocenters. The lowest BCUT2D eigenvalue weighted by molar-refractivity contribution is -0.286. The molecule has 11 nitrogen and oxygen atoms in total. The van der Waals surface area contributed by atoms with E-state index in [4.69, 9.17) is 11.5 Å². The molecule has 1 amide bonds. The topological polar surface area (TPSA) is 162 Å². The van der Waals surface area contributed by atoms with Crippen LogP contribution in [0.3, 0.4) is 0 Å². The van der Waals surface area contributed by atoms with E-state index in [9.17, 15) is 26.4 Å². The van der Waals surface area contributed by atoms with Gasteiger partial charge in [-0.1, -0.05) is 0 Å². The number of hydrogen-bond donors (Lipinski definition) is 3. The number of nitrogens with one attached hydrogen (secondary N) is 1. The summed E-state index contributed by atoms with van der Waals surface area (Å²) in [5.74, 6) is -3.59. The van der Waals surface area contributed by atoms with Crippen molar-refractivity contribution in [3.8, 4) is 11.5 Å². The van der Waals surface area contributed by atoms with Gasteiger partial charge in [-0.25, -0.2) is 27.1 Å². The van der Waals surface area contributed by atoms with Gasteiger partial charge >= 0.3 is 6.29 Å². The molecule has 3 heterocycles. The number of nitrogens with two attached hydrogens (primary N) is 2. The summed E-state index contributed by atoms with van der Waals surface area (Å²) < 4.78 is 75.3. The number of alkyl halides is 2. The zero-order chi connectivity index (χ0) is 24.3. The summed E-state index contributed by atoms with van der Waals surface area (Å²) in [6.45, 7) is 1.38. The zero-order valence-corrected chi connectivity index (χ0v) is 17.9. The van der Waals surface area contributed by atoms with E-state index in [0.29, 0.717) is 0 Å². The number of rotatable bonds is 3. The van der Waals surface area contributed by atoms with Crippen molar-refractivity contribution in [2.75, 3.05) is 23.9 Å². The van der Waals surface area contributed by atoms with Crippen molar-refractivity contribution in [3.05, 3.63) is 41.5 Å². The maximum atomic E-state index is 14.7. The second kappa shape index (κ2) is 7.13. The van der Waals surface area contributed by atoms with Crippen LogP contribution in [-0.2, 0) is 15.6 Å². The van der Waals surface area contributed by atoms with Crippen molar-refractivity contribution in [1.29, 1.82) is 0 Å². The number of hydrogen-bond acceptors (Lipinski definition) is 9. The fourth-order valence-corrected chi connectivity index (χ4v) is 4.86. The number of halogens is 3. The number of amides is 1. The molecule has 0 saturated heterocycles. The van der Waals surface area contributed by atoms with E-state index in [0.717, 1.165) is 16.6 Å². The Morgan fingerprint density at radius 1 is 1.27 bits per heavy atom. The van der Waals surface area contributed by atoms with Gasteiger partial charge in [0.15, 0.2) is 17.2 Å². The van der Waals surface area contributed by atoms with Gasteiger partial charge in [-0.05, 0) is 25.1 Å². The van der Waals surface area contributed by atoms with E-state index >= 15 is 0 Å². The molecule has 0 fully saturated rings. The molecule has 176 valence electrons. The van der Waals surface area contributed by atoms with Gasteiger partial charge in [0.25, 0.3) is 5.91 Å². The number of pyridine rings is 1. The van der Waals surface area contributed by atoms with Crippen molar-refractivity contribution >= 4 is 33.3 Å². The molecule has 0 saturated carbocycles. The predicted octanol–water partition coefficient (Wildman–Crippen LogP) is 1.18. The second-order valence-corrected chi connectivity index (χ2v) is 9.50. The number of aliphatic imine (C=N–C) groups is 1. The second-order valence-electron chi connectivity index (χ2n) is 7.50. The van der Waals surface area contributed by atoms with Crippen LogP contribution in [0, 0.1) is 5.82 Å². The van der Waals surface area contributed by atoms with Crippen molar-refractivity contribution in [1.82, 2.24) is 9.29 Å². The summed E-state index contributed by atoms with van der Waals surface area (Å²) in [6.07, 6.45) is -3.11. The summed E-state index contributed by atoms with van der Waals surface area (Å²) in [5.41, 5.74) is 8.80. The molecule has 0 radical (unpaired) electrons. The number of aromatic nitrogens is 1. The average Bonchev–Trinajstić information content (AvgIpc) is 3.02. The minimum Gasteiger partial charge on any atom is -0.394 e. The number of ether oxygens (including phenoxy) is 2. The SMILES string of the molecule is CN1C(N)=N[C@](C)(c2cc(NC(=O)c3ncc4c(c3N)OC(F)(F)O4)ccc2F)CS1(=O)=O. The molecule has 0 unspecified atom stereocenters. The monoisotopic (exact) mass is 486 g/mol. The van der Waals surface area contributed by atoms with E-state index < -0.39 is 62.2 Å². The summed E-state index contributed by atoms with van der Waals surface area (Å²) in [6, 6.07) is 3.39. The summed E-state index contributed by atoms with van der Waals surface area (Å²) in [4.78, 5) is 20.5. The highest BCUT2D eigenvalue weighted by Crippen LogP contribution is 2.45. The van der Waals surface area contributed by atoms with E-state index in [2.05, 4.69) is 24.8 Å². The van der Waals surface area contributed by atoms with Gasteiger partial charge in [0.05, 0.1) is 11.9 Å². The number of nitrogen functional groups attached to an aromatic ring is 1. The lowest BCUT2D eigenvalue weighted by atomic mass is 9.93. The third-order valence-corrected chi connectivity index (χ3v) is 7.02. The number of carbonyl (C=O) groups is 1. The average molecular weight is 486 g/mol. The molecule has 5 N–H and O–H groups in total. The number of fused-ring (bicyclic) bond motifs is 1. The van der Waals surface area contributed by atoms with Crippen LogP contribution >= 0.6 is 0 Å². The minimum atomic E-state index is -3.95. The van der Waals surface area contributed by atoms with Crippen molar-refractivity contribution in [2.45, 2.75) is 18.8 Å². The molecule has 2 aliphatic rings. The Bertz CT molecular complexity index is 1320. The zero-order valence-electron chi connectivity index (χ0n) is 17.1. The van der Waals surface area contributed by atoms with Crippen LogP contribution in [0.15, 0.2) is 29.4 Å². The Kier molecular flexibility index (Phi) is 4.85. The minimum absolute atomic E-state index is 0.0342. The Morgan fingerprint density at radius 2 is 1.97 bits per heavy atom. The van der Waals surface area contributed by atoms with E-state index in [-0.39, 0.29) is 17.2 Å². The third-order valence-electron chi connectivity index (χ3n) is 5.07. The molecule has 4 rings (SSSR count). The van der Waals surface area contributed by atoms with E-state index in [1.807, 2.05) is 0 Å². The highest BCUT2D eigenvalue weighted by Gasteiger charge is 2.46.